The van der Waals surface area contributed by atoms with Gasteiger partial charge in [-0.15, -0.1) is 0 Å². The molecule has 1 N–H and O–H groups in total. The van der Waals surface area contributed by atoms with Gasteiger partial charge in [-0.2, -0.15) is 4.31 Å². The molecular formula is C11H15N3O5S. The number of nitro groups is 1. The lowest BCUT2D eigenvalue weighted by Crippen LogP contribution is -2.57. The lowest BCUT2D eigenvalue weighted by molar-refractivity contribution is -0.386. The SMILES string of the molecule is COc1ccc(S(=O)(=O)N(C)C2CNC2)cc1[N+](=O)[O-]. The molecule has 0 aliphatic carbocycles. The van der Waals surface area contributed by atoms with Gasteiger partial charge in [-0.05, 0) is 12.1 Å². The van der Waals surface area contributed by atoms with Crippen LogP contribution < -0.4 is 10.1 Å². The zero-order valence-electron chi connectivity index (χ0n) is 11.1. The summed E-state index contributed by atoms with van der Waals surface area (Å²) < 4.78 is 30.8. The van der Waals surface area contributed by atoms with Gasteiger partial charge in [0.25, 0.3) is 0 Å². The summed E-state index contributed by atoms with van der Waals surface area (Å²) in [5, 5.41) is 13.9. The van der Waals surface area contributed by atoms with Crippen LogP contribution in [0.25, 0.3) is 0 Å². The van der Waals surface area contributed by atoms with Crippen LogP contribution in [0.2, 0.25) is 0 Å². The Morgan fingerprint density at radius 3 is 2.55 bits per heavy atom. The van der Waals surface area contributed by atoms with E-state index in [1.54, 1.807) is 0 Å². The van der Waals surface area contributed by atoms with Crippen molar-refractivity contribution in [2.75, 3.05) is 27.2 Å². The van der Waals surface area contributed by atoms with Crippen molar-refractivity contribution in [1.29, 1.82) is 0 Å². The minimum atomic E-state index is -3.75. The summed E-state index contributed by atoms with van der Waals surface area (Å²) in [7, 11) is -0.983. The van der Waals surface area contributed by atoms with E-state index in [2.05, 4.69) is 5.32 Å². The molecule has 0 atom stereocenters. The molecule has 0 unspecified atom stereocenters. The van der Waals surface area contributed by atoms with Gasteiger partial charge in [0.1, 0.15) is 0 Å². The average molecular weight is 301 g/mol. The van der Waals surface area contributed by atoms with Crippen LogP contribution in [0.1, 0.15) is 0 Å². The lowest BCUT2D eigenvalue weighted by atomic mass is 10.2. The number of rotatable bonds is 5. The smallest absolute Gasteiger partial charge is 0.312 e. The van der Waals surface area contributed by atoms with Gasteiger partial charge in [0.05, 0.1) is 16.9 Å². The number of likely N-dealkylation sites (N-methyl/N-ethyl adjacent to an activating group) is 1. The predicted molar refractivity (Wildman–Crippen MR) is 71.3 cm³/mol. The van der Waals surface area contributed by atoms with Crippen molar-refractivity contribution in [3.05, 3.63) is 28.3 Å². The average Bonchev–Trinajstić information content (AvgIpc) is 2.35. The van der Waals surface area contributed by atoms with Crippen LogP contribution in [0.3, 0.4) is 0 Å². The zero-order valence-corrected chi connectivity index (χ0v) is 11.9. The molecule has 0 saturated carbocycles. The molecule has 0 spiro atoms. The monoisotopic (exact) mass is 301 g/mol. The topological polar surface area (TPSA) is 102 Å². The van der Waals surface area contributed by atoms with Gasteiger partial charge in [0.15, 0.2) is 5.75 Å². The molecule has 8 nitrogen and oxygen atoms in total. The minimum absolute atomic E-state index is 0.0295. The molecule has 1 aromatic rings. The number of hydrogen-bond acceptors (Lipinski definition) is 6. The number of nitro benzene ring substituents is 1. The molecule has 0 aromatic heterocycles. The minimum Gasteiger partial charge on any atom is -0.490 e. The number of hydrogen-bond donors (Lipinski definition) is 1. The highest BCUT2D eigenvalue weighted by atomic mass is 32.2. The van der Waals surface area contributed by atoms with Crippen molar-refractivity contribution in [1.82, 2.24) is 9.62 Å². The van der Waals surface area contributed by atoms with Crippen LogP contribution in [0, 0.1) is 10.1 Å². The van der Waals surface area contributed by atoms with Crippen LogP contribution in [0.5, 0.6) is 5.75 Å². The second-order valence-electron chi connectivity index (χ2n) is 4.42. The molecule has 9 heteroatoms. The third-order valence-corrected chi connectivity index (χ3v) is 5.20. The maximum absolute atomic E-state index is 12.4. The van der Waals surface area contributed by atoms with E-state index >= 15 is 0 Å². The van der Waals surface area contributed by atoms with Gasteiger partial charge < -0.3 is 10.1 Å². The van der Waals surface area contributed by atoms with E-state index in [4.69, 9.17) is 4.74 Å². The zero-order chi connectivity index (χ0) is 14.9. The molecule has 2 rings (SSSR count). The Morgan fingerprint density at radius 1 is 1.45 bits per heavy atom. The van der Waals surface area contributed by atoms with E-state index in [0.717, 1.165) is 6.07 Å². The Morgan fingerprint density at radius 2 is 2.10 bits per heavy atom. The summed E-state index contributed by atoms with van der Waals surface area (Å²) in [5.74, 6) is 0.0295. The van der Waals surface area contributed by atoms with Gasteiger partial charge in [0.2, 0.25) is 10.0 Å². The molecule has 1 fully saturated rings. The largest absolute Gasteiger partial charge is 0.490 e. The number of methoxy groups -OCH3 is 1. The molecule has 0 amide bonds. The van der Waals surface area contributed by atoms with Gasteiger partial charge in [-0.3, -0.25) is 10.1 Å². The predicted octanol–water partition coefficient (Wildman–Crippen LogP) is 0.196. The molecule has 0 radical (unpaired) electrons. The third kappa shape index (κ3) is 2.47. The van der Waals surface area contributed by atoms with Crippen molar-refractivity contribution in [3.63, 3.8) is 0 Å². The Kier molecular flexibility index (Phi) is 3.93. The molecule has 1 aromatic carbocycles. The van der Waals surface area contributed by atoms with E-state index in [9.17, 15) is 18.5 Å². The fraction of sp³-hybridized carbons (Fsp3) is 0.455. The molecule has 1 saturated heterocycles. The number of benzene rings is 1. The highest BCUT2D eigenvalue weighted by Crippen LogP contribution is 2.30. The molecule has 20 heavy (non-hydrogen) atoms. The van der Waals surface area contributed by atoms with Gasteiger partial charge in [-0.25, -0.2) is 8.42 Å². The fourth-order valence-corrected chi connectivity index (χ4v) is 3.24. The summed E-state index contributed by atoms with van der Waals surface area (Å²) >= 11 is 0. The van der Waals surface area contributed by atoms with Crippen molar-refractivity contribution in [2.45, 2.75) is 10.9 Å². The van der Waals surface area contributed by atoms with E-state index < -0.39 is 14.9 Å². The lowest BCUT2D eigenvalue weighted by Gasteiger charge is -2.34. The summed E-state index contributed by atoms with van der Waals surface area (Å²) in [6, 6.07) is 3.50. The molecule has 0 bridgehead atoms. The normalized spacial score (nSPS) is 15.9. The first kappa shape index (κ1) is 14.7. The van der Waals surface area contributed by atoms with Crippen molar-refractivity contribution < 1.29 is 18.1 Å². The van der Waals surface area contributed by atoms with Crippen molar-refractivity contribution in [2.24, 2.45) is 0 Å². The van der Waals surface area contributed by atoms with E-state index in [0.29, 0.717) is 13.1 Å². The maximum Gasteiger partial charge on any atom is 0.312 e. The van der Waals surface area contributed by atoms with Crippen molar-refractivity contribution >= 4 is 15.7 Å². The Balaban J connectivity index is 2.41. The quantitative estimate of drug-likeness (QED) is 0.615. The van der Waals surface area contributed by atoms with Crippen LogP contribution in [-0.4, -0.2) is 50.9 Å². The summed E-state index contributed by atoms with van der Waals surface area (Å²) in [5.41, 5.74) is -0.367. The third-order valence-electron chi connectivity index (χ3n) is 3.30. The van der Waals surface area contributed by atoms with Crippen LogP contribution in [0.4, 0.5) is 5.69 Å². The number of ether oxygens (including phenoxy) is 1. The number of sulfonamides is 1. The first-order chi connectivity index (χ1) is 9.37. The van der Waals surface area contributed by atoms with E-state index in [1.165, 1.54) is 30.6 Å². The summed E-state index contributed by atoms with van der Waals surface area (Å²) in [4.78, 5) is 10.2. The van der Waals surface area contributed by atoms with Crippen LogP contribution >= 0.6 is 0 Å². The van der Waals surface area contributed by atoms with Crippen LogP contribution in [0.15, 0.2) is 23.1 Å². The van der Waals surface area contributed by atoms with Gasteiger partial charge >= 0.3 is 5.69 Å². The standard InChI is InChI=1S/C11H15N3O5S/c1-13(8-6-12-7-8)20(17,18)9-3-4-11(19-2)10(5-9)14(15)16/h3-5,8,12H,6-7H2,1-2H3. The molecular weight excluding hydrogens is 286 g/mol. The molecule has 1 aliphatic heterocycles. The first-order valence-electron chi connectivity index (χ1n) is 5.89. The Hall–Kier alpha value is -1.71. The molecule has 1 aliphatic rings. The number of nitrogens with zero attached hydrogens (tertiary/aromatic N) is 2. The first-order valence-corrected chi connectivity index (χ1v) is 7.33. The summed E-state index contributed by atoms with van der Waals surface area (Å²) in [6.07, 6.45) is 0. The molecule has 110 valence electrons. The second-order valence-corrected chi connectivity index (χ2v) is 6.42. The highest BCUT2D eigenvalue weighted by Gasteiger charge is 2.33. The second kappa shape index (κ2) is 5.35. The fourth-order valence-electron chi connectivity index (χ4n) is 1.87. The van der Waals surface area contributed by atoms with Gasteiger partial charge in [0, 0.05) is 32.2 Å². The van der Waals surface area contributed by atoms with Gasteiger partial charge in [-0.1, -0.05) is 0 Å². The van der Waals surface area contributed by atoms with E-state index in [-0.39, 0.29) is 22.4 Å². The summed E-state index contributed by atoms with van der Waals surface area (Å²) in [6.45, 7) is 1.15. The maximum atomic E-state index is 12.4. The van der Waals surface area contributed by atoms with Crippen molar-refractivity contribution in [3.8, 4) is 5.75 Å². The molecule has 1 heterocycles. The highest BCUT2D eigenvalue weighted by molar-refractivity contribution is 7.89. The Labute approximate surface area is 116 Å². The number of nitrogens with one attached hydrogen (secondary N) is 1. The van der Waals surface area contributed by atoms with Crippen LogP contribution in [-0.2, 0) is 10.0 Å². The van der Waals surface area contributed by atoms with E-state index in [1.807, 2.05) is 0 Å². The Bertz CT molecular complexity index is 627.